The maximum atomic E-state index is 14.1. The van der Waals surface area contributed by atoms with Gasteiger partial charge in [-0.15, -0.1) is 0 Å². The smallest absolute Gasteiger partial charge is 0.338 e. The summed E-state index contributed by atoms with van der Waals surface area (Å²) < 4.78 is 34.5. The van der Waals surface area contributed by atoms with E-state index >= 15 is 0 Å². The number of rotatable bonds is 3. The lowest BCUT2D eigenvalue weighted by Crippen LogP contribution is -2.24. The number of benzene rings is 1. The van der Waals surface area contributed by atoms with Crippen molar-refractivity contribution in [2.24, 2.45) is 5.10 Å². The Morgan fingerprint density at radius 2 is 1.92 bits per heavy atom. The highest BCUT2D eigenvalue weighted by molar-refractivity contribution is 5.91. The van der Waals surface area contributed by atoms with Crippen molar-refractivity contribution in [1.29, 1.82) is 0 Å². The Labute approximate surface area is 137 Å². The van der Waals surface area contributed by atoms with Crippen LogP contribution in [0.2, 0.25) is 0 Å². The second kappa shape index (κ2) is 6.38. The van der Waals surface area contributed by atoms with Crippen molar-refractivity contribution in [1.82, 2.24) is 9.66 Å². The molecule has 2 aromatic rings. The lowest BCUT2D eigenvalue weighted by Gasteiger charge is -2.19. The number of esters is 1. The maximum Gasteiger partial charge on any atom is 0.338 e. The van der Waals surface area contributed by atoms with Gasteiger partial charge in [-0.1, -0.05) is 0 Å². The summed E-state index contributed by atoms with van der Waals surface area (Å²) in [5, 5.41) is 3.86. The van der Waals surface area contributed by atoms with Gasteiger partial charge in [-0.05, 0) is 39.8 Å². The molecular weight excluding hydrogens is 318 g/mol. The number of anilines is 1. The standard InChI is InChI=1S/C16H18F2N4O2/c1-9-8-22(15(19)21-9)20-7-11-12(17)5-10(6-13(11)18)14(23)24-16(2,3)4/h5-8H,1-4H3,(H2,19,21). The zero-order chi connectivity index (χ0) is 18.1. The van der Waals surface area contributed by atoms with Crippen LogP contribution in [-0.2, 0) is 4.74 Å². The van der Waals surface area contributed by atoms with Gasteiger partial charge in [0.1, 0.15) is 17.2 Å². The molecule has 1 aromatic heterocycles. The largest absolute Gasteiger partial charge is 0.456 e. The number of carbonyl (C=O) groups excluding carboxylic acids is 1. The fourth-order valence-corrected chi connectivity index (χ4v) is 1.88. The summed E-state index contributed by atoms with van der Waals surface area (Å²) in [6.07, 6.45) is 2.48. The van der Waals surface area contributed by atoms with Crippen molar-refractivity contribution in [3.05, 3.63) is 46.8 Å². The van der Waals surface area contributed by atoms with Gasteiger partial charge in [-0.2, -0.15) is 5.10 Å². The number of nitrogens with two attached hydrogens (primary N) is 1. The van der Waals surface area contributed by atoms with Gasteiger partial charge in [0, 0.05) is 0 Å². The van der Waals surface area contributed by atoms with Gasteiger partial charge in [0.05, 0.1) is 29.2 Å². The summed E-state index contributed by atoms with van der Waals surface area (Å²) in [6.45, 7) is 6.70. The number of hydrogen-bond donors (Lipinski definition) is 1. The van der Waals surface area contributed by atoms with E-state index in [9.17, 15) is 13.6 Å². The van der Waals surface area contributed by atoms with E-state index in [0.717, 1.165) is 18.3 Å². The first kappa shape index (κ1) is 17.6. The molecule has 0 bridgehead atoms. The Morgan fingerprint density at radius 3 is 2.38 bits per heavy atom. The number of nitrogen functional groups attached to an aromatic ring is 1. The van der Waals surface area contributed by atoms with Crippen LogP contribution >= 0.6 is 0 Å². The lowest BCUT2D eigenvalue weighted by atomic mass is 10.1. The molecule has 0 unspecified atom stereocenters. The maximum absolute atomic E-state index is 14.1. The van der Waals surface area contributed by atoms with Gasteiger partial charge >= 0.3 is 5.97 Å². The highest BCUT2D eigenvalue weighted by atomic mass is 19.1. The molecular formula is C16H18F2N4O2. The highest BCUT2D eigenvalue weighted by Gasteiger charge is 2.20. The van der Waals surface area contributed by atoms with Gasteiger partial charge in [-0.3, -0.25) is 0 Å². The van der Waals surface area contributed by atoms with E-state index in [-0.39, 0.29) is 11.5 Å². The van der Waals surface area contributed by atoms with Crippen LogP contribution in [0, 0.1) is 18.6 Å². The Balaban J connectivity index is 2.30. The summed E-state index contributed by atoms with van der Waals surface area (Å²) in [6, 6.07) is 1.81. The molecule has 1 aromatic carbocycles. The number of aromatic nitrogens is 2. The van der Waals surface area contributed by atoms with E-state index < -0.39 is 28.8 Å². The zero-order valence-corrected chi connectivity index (χ0v) is 13.8. The highest BCUT2D eigenvalue weighted by Crippen LogP contribution is 2.18. The molecule has 0 amide bonds. The number of aryl methyl sites for hydroxylation is 1. The third-order valence-corrected chi connectivity index (χ3v) is 2.86. The second-order valence-electron chi connectivity index (χ2n) is 6.19. The van der Waals surface area contributed by atoms with E-state index in [1.54, 1.807) is 27.7 Å². The second-order valence-corrected chi connectivity index (χ2v) is 6.19. The van der Waals surface area contributed by atoms with Crippen LogP contribution in [0.1, 0.15) is 42.4 Å². The summed E-state index contributed by atoms with van der Waals surface area (Å²) >= 11 is 0. The normalized spacial score (nSPS) is 11.9. The average molecular weight is 336 g/mol. The van der Waals surface area contributed by atoms with Gasteiger partial charge in [0.25, 0.3) is 0 Å². The van der Waals surface area contributed by atoms with Crippen LogP contribution in [0.25, 0.3) is 0 Å². The monoisotopic (exact) mass is 336 g/mol. The summed E-state index contributed by atoms with van der Waals surface area (Å²) in [5.74, 6) is -2.58. The third-order valence-electron chi connectivity index (χ3n) is 2.86. The lowest BCUT2D eigenvalue weighted by molar-refractivity contribution is 0.00684. The minimum Gasteiger partial charge on any atom is -0.456 e. The first-order valence-corrected chi connectivity index (χ1v) is 7.15. The number of nitrogens with zero attached hydrogens (tertiary/aromatic N) is 3. The van der Waals surface area contributed by atoms with Crippen molar-refractivity contribution in [2.45, 2.75) is 33.3 Å². The Hall–Kier alpha value is -2.77. The molecule has 2 rings (SSSR count). The van der Waals surface area contributed by atoms with Gasteiger partial charge in [-0.25, -0.2) is 23.2 Å². The number of carbonyl (C=O) groups is 1. The molecule has 8 heteroatoms. The fourth-order valence-electron chi connectivity index (χ4n) is 1.88. The van der Waals surface area contributed by atoms with Crippen LogP contribution in [-0.4, -0.2) is 27.4 Å². The molecule has 2 N–H and O–H groups in total. The van der Waals surface area contributed by atoms with Crippen molar-refractivity contribution in [3.63, 3.8) is 0 Å². The topological polar surface area (TPSA) is 82.5 Å². The molecule has 0 aliphatic rings. The van der Waals surface area contributed by atoms with Crippen LogP contribution in [0.5, 0.6) is 0 Å². The molecule has 0 atom stereocenters. The van der Waals surface area contributed by atoms with E-state index in [4.69, 9.17) is 10.5 Å². The van der Waals surface area contributed by atoms with Gasteiger partial charge in [0.2, 0.25) is 5.95 Å². The van der Waals surface area contributed by atoms with Crippen LogP contribution < -0.4 is 5.73 Å². The first-order valence-electron chi connectivity index (χ1n) is 7.15. The van der Waals surface area contributed by atoms with Crippen LogP contribution in [0.15, 0.2) is 23.4 Å². The summed E-state index contributed by atoms with van der Waals surface area (Å²) in [5.41, 5.74) is 4.84. The SMILES string of the molecule is Cc1cn(N=Cc2c(F)cc(C(=O)OC(C)(C)C)cc2F)c(N)n1. The predicted octanol–water partition coefficient (Wildman–Crippen LogP) is 2.89. The quantitative estimate of drug-likeness (QED) is 0.690. The van der Waals surface area contributed by atoms with E-state index in [1.165, 1.54) is 10.9 Å². The molecule has 0 saturated heterocycles. The Morgan fingerprint density at radius 1 is 1.33 bits per heavy atom. The number of halogens is 2. The number of imidazole rings is 1. The molecule has 0 radical (unpaired) electrons. The Bertz CT molecular complexity index is 784. The summed E-state index contributed by atoms with van der Waals surface area (Å²) in [4.78, 5) is 15.8. The molecule has 24 heavy (non-hydrogen) atoms. The van der Waals surface area contributed by atoms with E-state index in [0.29, 0.717) is 5.69 Å². The fraction of sp³-hybridized carbons (Fsp3) is 0.312. The van der Waals surface area contributed by atoms with Crippen LogP contribution in [0.3, 0.4) is 0 Å². The molecule has 6 nitrogen and oxygen atoms in total. The minimum absolute atomic E-state index is 0.0925. The molecule has 0 aliphatic heterocycles. The van der Waals surface area contributed by atoms with E-state index in [1.807, 2.05) is 0 Å². The average Bonchev–Trinajstić information content (AvgIpc) is 2.74. The van der Waals surface area contributed by atoms with Crippen molar-refractivity contribution in [2.75, 3.05) is 5.73 Å². The van der Waals surface area contributed by atoms with Crippen molar-refractivity contribution in [3.8, 4) is 0 Å². The minimum atomic E-state index is -0.935. The van der Waals surface area contributed by atoms with Crippen molar-refractivity contribution >= 4 is 18.1 Å². The van der Waals surface area contributed by atoms with Crippen LogP contribution in [0.4, 0.5) is 14.7 Å². The number of hydrogen-bond acceptors (Lipinski definition) is 5. The molecule has 128 valence electrons. The van der Waals surface area contributed by atoms with Crippen molar-refractivity contribution < 1.29 is 18.3 Å². The third kappa shape index (κ3) is 4.15. The van der Waals surface area contributed by atoms with E-state index in [2.05, 4.69) is 10.1 Å². The van der Waals surface area contributed by atoms with Gasteiger partial charge < -0.3 is 10.5 Å². The summed E-state index contributed by atoms with van der Waals surface area (Å²) in [7, 11) is 0. The zero-order valence-electron chi connectivity index (χ0n) is 13.8. The molecule has 0 spiro atoms. The molecule has 0 aliphatic carbocycles. The molecule has 0 saturated carbocycles. The molecule has 1 heterocycles. The predicted molar refractivity (Wildman–Crippen MR) is 85.9 cm³/mol. The van der Waals surface area contributed by atoms with Gasteiger partial charge in [0.15, 0.2) is 0 Å². The number of ether oxygens (including phenoxy) is 1. The molecule has 0 fully saturated rings. The first-order chi connectivity index (χ1) is 11.1. The Kier molecular flexibility index (Phi) is 4.68.